The van der Waals surface area contributed by atoms with E-state index in [1.165, 1.54) is 0 Å². The predicted molar refractivity (Wildman–Crippen MR) is 60.4 cm³/mol. The summed E-state index contributed by atoms with van der Waals surface area (Å²) < 4.78 is 10.7. The van der Waals surface area contributed by atoms with Crippen LogP contribution in [0.2, 0.25) is 0 Å². The molecule has 0 bridgehead atoms. The molecule has 0 aliphatic carbocycles. The van der Waals surface area contributed by atoms with Crippen molar-refractivity contribution in [1.82, 2.24) is 4.98 Å². The van der Waals surface area contributed by atoms with E-state index in [1.807, 2.05) is 13.8 Å². The van der Waals surface area contributed by atoms with Crippen LogP contribution in [0.1, 0.15) is 23.9 Å². The molecule has 1 aromatic rings. The van der Waals surface area contributed by atoms with E-state index < -0.39 is 0 Å². The Morgan fingerprint density at radius 3 is 2.75 bits per heavy atom. The molecule has 0 saturated heterocycles. The predicted octanol–water partition coefficient (Wildman–Crippen LogP) is 1.99. The summed E-state index contributed by atoms with van der Waals surface area (Å²) in [5, 5.41) is 8.99. The van der Waals surface area contributed by atoms with Crippen molar-refractivity contribution >= 4 is 0 Å². The van der Waals surface area contributed by atoms with E-state index in [0.717, 1.165) is 5.69 Å². The maximum Gasteiger partial charge on any atom is 0.140 e. The molecule has 0 aliphatic rings. The molecule has 0 aromatic carbocycles. The van der Waals surface area contributed by atoms with Gasteiger partial charge in [-0.2, -0.15) is 5.26 Å². The second-order valence-electron chi connectivity index (χ2n) is 3.38. The first-order chi connectivity index (χ1) is 7.69. The third-order valence-electron chi connectivity index (χ3n) is 2.09. The zero-order valence-electron chi connectivity index (χ0n) is 9.91. The topological polar surface area (TPSA) is 55.1 Å². The Kier molecular flexibility index (Phi) is 4.74. The molecule has 0 atom stereocenters. The Bertz CT molecular complexity index is 397. The Labute approximate surface area is 95.8 Å². The summed E-state index contributed by atoms with van der Waals surface area (Å²) in [6, 6.07) is 3.88. The maximum atomic E-state index is 8.99. The highest BCUT2D eigenvalue weighted by Gasteiger charge is 2.08. The van der Waals surface area contributed by atoms with Crippen LogP contribution in [0.3, 0.4) is 0 Å². The van der Waals surface area contributed by atoms with Gasteiger partial charge in [0.05, 0.1) is 12.3 Å². The molecule has 1 aromatic heterocycles. The van der Waals surface area contributed by atoms with Crippen molar-refractivity contribution < 1.29 is 9.47 Å². The molecule has 16 heavy (non-hydrogen) atoms. The number of rotatable bonds is 5. The molecule has 0 fully saturated rings. The average molecular weight is 220 g/mol. The third-order valence-corrected chi connectivity index (χ3v) is 2.09. The molecule has 86 valence electrons. The van der Waals surface area contributed by atoms with Gasteiger partial charge in [-0.3, -0.25) is 4.98 Å². The first-order valence-electron chi connectivity index (χ1n) is 5.28. The number of aryl methyl sites for hydroxylation is 2. The van der Waals surface area contributed by atoms with Crippen LogP contribution < -0.4 is 4.74 Å². The van der Waals surface area contributed by atoms with Crippen molar-refractivity contribution in [3.8, 4) is 11.8 Å². The lowest BCUT2D eigenvalue weighted by Crippen LogP contribution is -2.08. The van der Waals surface area contributed by atoms with Gasteiger partial charge < -0.3 is 9.47 Å². The molecule has 0 amide bonds. The van der Waals surface area contributed by atoms with Crippen molar-refractivity contribution in [2.75, 3.05) is 19.8 Å². The van der Waals surface area contributed by atoms with Crippen LogP contribution >= 0.6 is 0 Å². The molecule has 0 spiro atoms. The van der Waals surface area contributed by atoms with Crippen molar-refractivity contribution in [2.45, 2.75) is 20.8 Å². The van der Waals surface area contributed by atoms with Crippen molar-refractivity contribution in [1.29, 1.82) is 5.26 Å². The van der Waals surface area contributed by atoms with Gasteiger partial charge in [0.1, 0.15) is 24.0 Å². The van der Waals surface area contributed by atoms with Crippen molar-refractivity contribution in [2.24, 2.45) is 0 Å². The molecule has 1 rings (SSSR count). The van der Waals surface area contributed by atoms with Gasteiger partial charge in [0.2, 0.25) is 0 Å². The fourth-order valence-electron chi connectivity index (χ4n) is 1.40. The molecule has 0 N–H and O–H groups in total. The van der Waals surface area contributed by atoms with Gasteiger partial charge in [-0.1, -0.05) is 0 Å². The van der Waals surface area contributed by atoms with E-state index in [1.54, 1.807) is 13.0 Å². The van der Waals surface area contributed by atoms with Gasteiger partial charge >= 0.3 is 0 Å². The standard InChI is InChI=1S/C12H16N2O2/c1-4-15-5-6-16-12-7-9(2)14-10(3)11(12)8-13/h7H,4-6H2,1-3H3. The highest BCUT2D eigenvalue weighted by molar-refractivity contribution is 5.46. The third kappa shape index (κ3) is 3.21. The Balaban J connectivity index is 2.75. The fourth-order valence-corrected chi connectivity index (χ4v) is 1.40. The van der Waals surface area contributed by atoms with E-state index in [2.05, 4.69) is 11.1 Å². The highest BCUT2D eigenvalue weighted by Crippen LogP contribution is 2.20. The van der Waals surface area contributed by atoms with Crippen LogP contribution in [0.5, 0.6) is 5.75 Å². The molecule has 0 aliphatic heterocycles. The monoisotopic (exact) mass is 220 g/mol. The Hall–Kier alpha value is -1.60. The number of ether oxygens (including phenoxy) is 2. The summed E-state index contributed by atoms with van der Waals surface area (Å²) >= 11 is 0. The summed E-state index contributed by atoms with van der Waals surface area (Å²) in [5.41, 5.74) is 2.05. The largest absolute Gasteiger partial charge is 0.490 e. The molecular formula is C12H16N2O2. The van der Waals surface area contributed by atoms with Crippen molar-refractivity contribution in [3.63, 3.8) is 0 Å². The van der Waals surface area contributed by atoms with E-state index >= 15 is 0 Å². The molecular weight excluding hydrogens is 204 g/mol. The number of aromatic nitrogens is 1. The Morgan fingerprint density at radius 1 is 1.38 bits per heavy atom. The molecule has 4 heteroatoms. The SMILES string of the molecule is CCOCCOc1cc(C)nc(C)c1C#N. The van der Waals surface area contributed by atoms with E-state index in [0.29, 0.717) is 36.8 Å². The number of hydrogen-bond acceptors (Lipinski definition) is 4. The van der Waals surface area contributed by atoms with Crippen LogP contribution in [-0.4, -0.2) is 24.8 Å². The number of pyridine rings is 1. The van der Waals surface area contributed by atoms with Gasteiger partial charge in [-0.15, -0.1) is 0 Å². The van der Waals surface area contributed by atoms with E-state index in [9.17, 15) is 0 Å². The minimum absolute atomic E-state index is 0.450. The average Bonchev–Trinajstić information content (AvgIpc) is 2.24. The minimum atomic E-state index is 0.450. The van der Waals surface area contributed by atoms with Crippen LogP contribution in [0.25, 0.3) is 0 Å². The molecule has 1 heterocycles. The van der Waals surface area contributed by atoms with Gasteiger partial charge in [0.25, 0.3) is 0 Å². The number of nitrogens with zero attached hydrogens (tertiary/aromatic N) is 2. The number of hydrogen-bond donors (Lipinski definition) is 0. The normalized spacial score (nSPS) is 9.88. The summed E-state index contributed by atoms with van der Waals surface area (Å²) in [5.74, 6) is 0.590. The summed E-state index contributed by atoms with van der Waals surface area (Å²) in [6.07, 6.45) is 0. The number of nitriles is 1. The first kappa shape index (κ1) is 12.5. The summed E-state index contributed by atoms with van der Waals surface area (Å²) in [6.45, 7) is 7.27. The molecule has 0 radical (unpaired) electrons. The Morgan fingerprint density at radius 2 is 2.12 bits per heavy atom. The molecule has 4 nitrogen and oxygen atoms in total. The molecule has 0 unspecified atom stereocenters. The van der Waals surface area contributed by atoms with Crippen LogP contribution in [0.4, 0.5) is 0 Å². The highest BCUT2D eigenvalue weighted by atomic mass is 16.5. The van der Waals surface area contributed by atoms with Gasteiger partial charge in [-0.05, 0) is 20.8 Å². The maximum absolute atomic E-state index is 8.99. The van der Waals surface area contributed by atoms with Gasteiger partial charge in [0.15, 0.2) is 0 Å². The zero-order chi connectivity index (χ0) is 12.0. The second kappa shape index (κ2) is 6.09. The fraction of sp³-hybridized carbons (Fsp3) is 0.500. The first-order valence-corrected chi connectivity index (χ1v) is 5.28. The second-order valence-corrected chi connectivity index (χ2v) is 3.38. The van der Waals surface area contributed by atoms with Crippen molar-refractivity contribution in [3.05, 3.63) is 23.0 Å². The van der Waals surface area contributed by atoms with E-state index in [-0.39, 0.29) is 0 Å². The lowest BCUT2D eigenvalue weighted by Gasteiger charge is -2.10. The smallest absolute Gasteiger partial charge is 0.140 e. The van der Waals surface area contributed by atoms with Gasteiger partial charge in [-0.25, -0.2) is 0 Å². The summed E-state index contributed by atoms with van der Waals surface area (Å²) in [7, 11) is 0. The quantitative estimate of drug-likeness (QED) is 0.712. The zero-order valence-corrected chi connectivity index (χ0v) is 9.91. The lowest BCUT2D eigenvalue weighted by atomic mass is 10.2. The van der Waals surface area contributed by atoms with Gasteiger partial charge in [0, 0.05) is 18.4 Å². The van der Waals surface area contributed by atoms with Crippen LogP contribution in [0, 0.1) is 25.2 Å². The van der Waals surface area contributed by atoms with Crippen LogP contribution in [0.15, 0.2) is 6.07 Å². The summed E-state index contributed by atoms with van der Waals surface area (Å²) in [4.78, 5) is 4.22. The minimum Gasteiger partial charge on any atom is -0.490 e. The van der Waals surface area contributed by atoms with E-state index in [4.69, 9.17) is 14.7 Å². The lowest BCUT2D eigenvalue weighted by molar-refractivity contribution is 0.110. The van der Waals surface area contributed by atoms with Crippen LogP contribution in [-0.2, 0) is 4.74 Å². The molecule has 0 saturated carbocycles.